The third-order valence-corrected chi connectivity index (χ3v) is 2.84. The lowest BCUT2D eigenvalue weighted by atomic mass is 10.2. The Kier molecular flexibility index (Phi) is 4.13. The Morgan fingerprint density at radius 2 is 1.90 bits per heavy atom. The minimum absolute atomic E-state index is 0.0557. The molecule has 0 aliphatic carbocycles. The average Bonchev–Trinajstić information content (AvgIpc) is 2.36. The van der Waals surface area contributed by atoms with E-state index in [2.05, 4.69) is 5.32 Å². The number of nitrogens with one attached hydrogen (secondary N) is 1. The monoisotopic (exact) mass is 274 g/mol. The number of anilines is 3. The van der Waals surface area contributed by atoms with E-state index in [9.17, 15) is 4.39 Å². The highest BCUT2D eigenvalue weighted by atomic mass is 19.1. The predicted octanol–water partition coefficient (Wildman–Crippen LogP) is 4.25. The van der Waals surface area contributed by atoms with E-state index in [4.69, 9.17) is 10.5 Å². The Morgan fingerprint density at radius 3 is 2.55 bits per heavy atom. The molecule has 0 saturated heterocycles. The molecule has 0 atom stereocenters. The Balaban J connectivity index is 2.25. The molecule has 0 bridgehead atoms. The number of rotatable bonds is 4. The van der Waals surface area contributed by atoms with Crippen LogP contribution in [0.5, 0.6) is 5.75 Å². The van der Waals surface area contributed by atoms with Crippen LogP contribution in [-0.4, -0.2) is 6.10 Å². The molecule has 3 nitrogen and oxygen atoms in total. The van der Waals surface area contributed by atoms with Crippen molar-refractivity contribution in [3.63, 3.8) is 0 Å². The van der Waals surface area contributed by atoms with Gasteiger partial charge in [0.15, 0.2) is 0 Å². The molecule has 0 unspecified atom stereocenters. The summed E-state index contributed by atoms with van der Waals surface area (Å²) in [6.45, 7) is 5.75. The number of nitrogens with two attached hydrogens (primary N) is 1. The minimum Gasteiger partial charge on any atom is -0.489 e. The molecule has 4 heteroatoms. The van der Waals surface area contributed by atoms with Crippen molar-refractivity contribution in [1.29, 1.82) is 0 Å². The highest BCUT2D eigenvalue weighted by Gasteiger charge is 2.06. The van der Waals surface area contributed by atoms with Crippen LogP contribution in [0.1, 0.15) is 19.4 Å². The largest absolute Gasteiger partial charge is 0.489 e. The topological polar surface area (TPSA) is 47.3 Å². The molecule has 2 rings (SSSR count). The van der Waals surface area contributed by atoms with Gasteiger partial charge in [0, 0.05) is 17.4 Å². The van der Waals surface area contributed by atoms with Crippen molar-refractivity contribution in [1.82, 2.24) is 0 Å². The summed E-state index contributed by atoms with van der Waals surface area (Å²) in [5.41, 5.74) is 9.02. The summed E-state index contributed by atoms with van der Waals surface area (Å²) < 4.78 is 18.7. The fourth-order valence-corrected chi connectivity index (χ4v) is 1.89. The second-order valence-corrected chi connectivity index (χ2v) is 5.00. The van der Waals surface area contributed by atoms with Crippen molar-refractivity contribution in [2.45, 2.75) is 26.9 Å². The molecule has 0 radical (unpaired) electrons. The van der Waals surface area contributed by atoms with Crippen molar-refractivity contribution >= 4 is 17.1 Å². The van der Waals surface area contributed by atoms with E-state index in [1.54, 1.807) is 12.1 Å². The summed E-state index contributed by atoms with van der Waals surface area (Å²) >= 11 is 0. The van der Waals surface area contributed by atoms with E-state index in [1.165, 1.54) is 12.1 Å². The van der Waals surface area contributed by atoms with Gasteiger partial charge in [-0.25, -0.2) is 4.39 Å². The number of ether oxygens (including phenoxy) is 1. The number of benzene rings is 2. The summed E-state index contributed by atoms with van der Waals surface area (Å²) in [5, 5.41) is 3.24. The van der Waals surface area contributed by atoms with Gasteiger partial charge in [0.2, 0.25) is 0 Å². The van der Waals surface area contributed by atoms with Crippen LogP contribution in [0.3, 0.4) is 0 Å². The third-order valence-electron chi connectivity index (χ3n) is 2.84. The fourth-order valence-electron chi connectivity index (χ4n) is 1.89. The fraction of sp³-hybridized carbons (Fsp3) is 0.250. The van der Waals surface area contributed by atoms with Crippen LogP contribution in [0.2, 0.25) is 0 Å². The van der Waals surface area contributed by atoms with Crippen LogP contribution in [-0.2, 0) is 0 Å². The van der Waals surface area contributed by atoms with Crippen LogP contribution in [0.25, 0.3) is 0 Å². The average molecular weight is 274 g/mol. The van der Waals surface area contributed by atoms with Crippen LogP contribution < -0.4 is 15.8 Å². The molecule has 0 amide bonds. The summed E-state index contributed by atoms with van der Waals surface area (Å²) in [4.78, 5) is 0. The van der Waals surface area contributed by atoms with Gasteiger partial charge in [-0.05, 0) is 56.7 Å². The maximum atomic E-state index is 13.1. The number of halogens is 1. The first-order valence-corrected chi connectivity index (χ1v) is 6.55. The molecule has 106 valence electrons. The maximum Gasteiger partial charge on any atom is 0.144 e. The second kappa shape index (κ2) is 5.82. The molecule has 0 spiro atoms. The number of hydrogen-bond acceptors (Lipinski definition) is 3. The standard InChI is InChI=1S/C16H19FN2O/c1-10(2)20-16-9-13(5-6-14(16)18)19-15-7-4-12(17)8-11(15)3/h4-10,19H,18H2,1-3H3. The number of hydrogen-bond donors (Lipinski definition) is 2. The van der Waals surface area contributed by atoms with E-state index in [0.29, 0.717) is 11.4 Å². The van der Waals surface area contributed by atoms with Gasteiger partial charge in [0.05, 0.1) is 11.8 Å². The van der Waals surface area contributed by atoms with Gasteiger partial charge in [-0.2, -0.15) is 0 Å². The molecule has 0 saturated carbocycles. The van der Waals surface area contributed by atoms with E-state index < -0.39 is 0 Å². The zero-order chi connectivity index (χ0) is 14.7. The summed E-state index contributed by atoms with van der Waals surface area (Å²) in [6, 6.07) is 10.1. The van der Waals surface area contributed by atoms with Gasteiger partial charge in [-0.15, -0.1) is 0 Å². The van der Waals surface area contributed by atoms with Crippen LogP contribution in [0.15, 0.2) is 36.4 Å². The van der Waals surface area contributed by atoms with Crippen LogP contribution in [0.4, 0.5) is 21.5 Å². The first-order chi connectivity index (χ1) is 9.45. The zero-order valence-corrected chi connectivity index (χ0v) is 11.9. The van der Waals surface area contributed by atoms with Crippen molar-refractivity contribution < 1.29 is 9.13 Å². The van der Waals surface area contributed by atoms with Crippen LogP contribution in [0, 0.1) is 12.7 Å². The normalized spacial score (nSPS) is 10.7. The lowest BCUT2D eigenvalue weighted by Crippen LogP contribution is -2.07. The predicted molar refractivity (Wildman–Crippen MR) is 81.0 cm³/mol. The van der Waals surface area contributed by atoms with Crippen molar-refractivity contribution in [3.05, 3.63) is 47.8 Å². The van der Waals surface area contributed by atoms with E-state index in [0.717, 1.165) is 16.9 Å². The Labute approximate surface area is 118 Å². The smallest absolute Gasteiger partial charge is 0.144 e. The highest BCUT2D eigenvalue weighted by molar-refractivity contribution is 5.68. The van der Waals surface area contributed by atoms with E-state index >= 15 is 0 Å². The van der Waals surface area contributed by atoms with Gasteiger partial charge in [0.25, 0.3) is 0 Å². The first-order valence-electron chi connectivity index (χ1n) is 6.55. The molecule has 0 aromatic heterocycles. The Hall–Kier alpha value is -2.23. The SMILES string of the molecule is Cc1cc(F)ccc1Nc1ccc(N)c(OC(C)C)c1. The summed E-state index contributed by atoms with van der Waals surface area (Å²) in [6.07, 6.45) is 0.0557. The van der Waals surface area contributed by atoms with Crippen molar-refractivity contribution in [3.8, 4) is 5.75 Å². The first kappa shape index (κ1) is 14.2. The Bertz CT molecular complexity index is 611. The van der Waals surface area contributed by atoms with Crippen LogP contribution >= 0.6 is 0 Å². The third kappa shape index (κ3) is 3.41. The lowest BCUT2D eigenvalue weighted by Gasteiger charge is -2.15. The Morgan fingerprint density at radius 1 is 1.15 bits per heavy atom. The van der Waals surface area contributed by atoms with Crippen molar-refractivity contribution in [2.75, 3.05) is 11.1 Å². The molecule has 2 aromatic rings. The quantitative estimate of drug-likeness (QED) is 0.819. The minimum atomic E-state index is -0.241. The van der Waals surface area contributed by atoms with E-state index in [-0.39, 0.29) is 11.9 Å². The summed E-state index contributed by atoms with van der Waals surface area (Å²) in [5.74, 6) is 0.402. The number of nitrogen functional groups attached to an aromatic ring is 1. The molecule has 0 aliphatic heterocycles. The second-order valence-electron chi connectivity index (χ2n) is 5.00. The highest BCUT2D eigenvalue weighted by Crippen LogP contribution is 2.29. The molecular weight excluding hydrogens is 255 g/mol. The molecule has 20 heavy (non-hydrogen) atoms. The van der Waals surface area contributed by atoms with Gasteiger partial charge >= 0.3 is 0 Å². The molecular formula is C16H19FN2O. The maximum absolute atomic E-state index is 13.1. The van der Waals surface area contributed by atoms with Gasteiger partial charge in [0.1, 0.15) is 11.6 Å². The van der Waals surface area contributed by atoms with Gasteiger partial charge < -0.3 is 15.8 Å². The molecule has 0 heterocycles. The molecule has 3 N–H and O–H groups in total. The zero-order valence-electron chi connectivity index (χ0n) is 11.9. The van der Waals surface area contributed by atoms with E-state index in [1.807, 2.05) is 32.9 Å². The van der Waals surface area contributed by atoms with Crippen molar-refractivity contribution in [2.24, 2.45) is 0 Å². The molecule has 2 aromatic carbocycles. The number of aryl methyl sites for hydroxylation is 1. The van der Waals surface area contributed by atoms with Gasteiger partial charge in [-0.1, -0.05) is 0 Å². The molecule has 0 aliphatic rings. The molecule has 0 fully saturated rings. The summed E-state index contributed by atoms with van der Waals surface area (Å²) in [7, 11) is 0. The van der Waals surface area contributed by atoms with Gasteiger partial charge in [-0.3, -0.25) is 0 Å². The lowest BCUT2D eigenvalue weighted by molar-refractivity contribution is 0.244.